The zero-order chi connectivity index (χ0) is 30.1. The number of nitrogen functional groups attached to an aromatic ring is 1. The molecule has 0 spiro atoms. The molecule has 1 aliphatic carbocycles. The van der Waals surface area contributed by atoms with E-state index in [4.69, 9.17) is 15.7 Å². The summed E-state index contributed by atoms with van der Waals surface area (Å²) in [6, 6.07) is 23.5. The molecule has 3 aromatic carbocycles. The Bertz CT molecular complexity index is 1910. The topological polar surface area (TPSA) is 63.8 Å². The lowest BCUT2D eigenvalue weighted by atomic mass is 9.90. The molecule has 0 radical (unpaired) electrons. The number of benzene rings is 3. The highest BCUT2D eigenvalue weighted by molar-refractivity contribution is 5.71. The Morgan fingerprint density at radius 3 is 2.59 bits per heavy atom. The van der Waals surface area contributed by atoms with Crippen LogP contribution in [0, 0.1) is 0 Å². The van der Waals surface area contributed by atoms with E-state index in [0.29, 0.717) is 18.2 Å². The molecule has 0 saturated carbocycles. The summed E-state index contributed by atoms with van der Waals surface area (Å²) in [7, 11) is 0. The Kier molecular flexibility index (Phi) is 9.08. The minimum Gasteiger partial charge on any atom is -0.398 e. The fraction of sp³-hybridized carbons (Fsp3) is 0.150. The molecule has 1 unspecified atom stereocenters. The predicted molar refractivity (Wildman–Crippen MR) is 187 cm³/mol. The summed E-state index contributed by atoms with van der Waals surface area (Å²) in [6.45, 7) is 2.01. The van der Waals surface area contributed by atoms with Gasteiger partial charge in [0.2, 0.25) is 0 Å². The van der Waals surface area contributed by atoms with Gasteiger partial charge in [0.1, 0.15) is 5.82 Å². The fourth-order valence-corrected chi connectivity index (χ4v) is 5.73. The van der Waals surface area contributed by atoms with Crippen LogP contribution in [0.5, 0.6) is 0 Å². The molecule has 0 bridgehead atoms. The zero-order valence-electron chi connectivity index (χ0n) is 25.2. The van der Waals surface area contributed by atoms with Crippen molar-refractivity contribution in [2.24, 2.45) is 0 Å². The Balaban J connectivity index is 1.29. The number of aromatic nitrogens is 2. The average Bonchev–Trinajstić information content (AvgIpc) is 3.06. The van der Waals surface area contributed by atoms with E-state index in [1.54, 1.807) is 0 Å². The monoisotopic (exact) mass is 574 g/mol. The van der Waals surface area contributed by atoms with Crippen LogP contribution in [0.15, 0.2) is 115 Å². The van der Waals surface area contributed by atoms with Gasteiger partial charge in [0.15, 0.2) is 5.82 Å². The van der Waals surface area contributed by atoms with Crippen molar-refractivity contribution in [1.29, 1.82) is 0 Å². The minimum absolute atomic E-state index is 0.363. The van der Waals surface area contributed by atoms with E-state index in [2.05, 4.69) is 109 Å². The van der Waals surface area contributed by atoms with Crippen molar-refractivity contribution in [3.63, 3.8) is 0 Å². The molecule has 218 valence electrons. The molecule has 2 aliphatic rings. The molecule has 2 heterocycles. The van der Waals surface area contributed by atoms with Crippen LogP contribution in [0.3, 0.4) is 0 Å². The maximum atomic E-state index is 6.44. The molecule has 1 aromatic heterocycles. The molecule has 0 saturated heterocycles. The van der Waals surface area contributed by atoms with E-state index in [-0.39, 0.29) is 0 Å². The van der Waals surface area contributed by atoms with Crippen molar-refractivity contribution in [3.8, 4) is 11.4 Å². The normalized spacial score (nSPS) is 18.0. The molecule has 4 nitrogen and oxygen atoms in total. The third kappa shape index (κ3) is 6.71. The molecule has 3 N–H and O–H groups in total. The lowest BCUT2D eigenvalue weighted by Gasteiger charge is -2.16. The van der Waals surface area contributed by atoms with Crippen LogP contribution in [0.2, 0.25) is 0 Å². The fourth-order valence-electron chi connectivity index (χ4n) is 5.73. The lowest BCUT2D eigenvalue weighted by Crippen LogP contribution is -2.27. The second kappa shape index (κ2) is 13.8. The number of allylic oxidation sites excluding steroid dienone is 7. The van der Waals surface area contributed by atoms with Crippen molar-refractivity contribution in [2.45, 2.75) is 38.5 Å². The van der Waals surface area contributed by atoms with Gasteiger partial charge >= 0.3 is 0 Å². The van der Waals surface area contributed by atoms with Gasteiger partial charge in [0, 0.05) is 35.4 Å². The highest BCUT2D eigenvalue weighted by atomic mass is 15.0. The first-order valence-electron chi connectivity index (χ1n) is 15.4. The van der Waals surface area contributed by atoms with E-state index in [1.165, 1.54) is 16.0 Å². The SMILES string of the molecule is C/C=C\c1cccc(C/C=C\Cc2nc(-c3ccc(C4C=c5ccccc5=CC4)cc3)nc3c2/C=C\C/C=C\C=C/N3)c1N. The molecule has 1 aliphatic heterocycles. The van der Waals surface area contributed by atoms with Gasteiger partial charge in [-0.3, -0.25) is 0 Å². The molecule has 4 heteroatoms. The van der Waals surface area contributed by atoms with E-state index in [9.17, 15) is 0 Å². The molecular weight excluding hydrogens is 536 g/mol. The smallest absolute Gasteiger partial charge is 0.161 e. The summed E-state index contributed by atoms with van der Waals surface area (Å²) >= 11 is 0. The maximum absolute atomic E-state index is 6.44. The van der Waals surface area contributed by atoms with Crippen LogP contribution in [0.4, 0.5) is 11.5 Å². The Labute approximate surface area is 260 Å². The lowest BCUT2D eigenvalue weighted by molar-refractivity contribution is 0.921. The Morgan fingerprint density at radius 2 is 1.73 bits per heavy atom. The summed E-state index contributed by atoms with van der Waals surface area (Å²) in [5.41, 5.74) is 13.7. The van der Waals surface area contributed by atoms with Gasteiger partial charge in [-0.2, -0.15) is 0 Å². The van der Waals surface area contributed by atoms with Crippen LogP contribution in [0.1, 0.15) is 53.6 Å². The van der Waals surface area contributed by atoms with E-state index >= 15 is 0 Å². The number of para-hydroxylation sites is 1. The second-order valence-corrected chi connectivity index (χ2v) is 11.1. The Morgan fingerprint density at radius 1 is 0.886 bits per heavy atom. The molecule has 0 amide bonds. The number of fused-ring (bicyclic) bond motifs is 2. The highest BCUT2D eigenvalue weighted by Crippen LogP contribution is 2.29. The van der Waals surface area contributed by atoms with E-state index in [0.717, 1.165) is 58.7 Å². The predicted octanol–water partition coefficient (Wildman–Crippen LogP) is 7.75. The number of nitrogens with two attached hydrogens (primary N) is 1. The molecule has 6 rings (SSSR count). The van der Waals surface area contributed by atoms with Gasteiger partial charge in [-0.15, -0.1) is 0 Å². The molecule has 0 fully saturated rings. The van der Waals surface area contributed by atoms with Crippen LogP contribution in [0.25, 0.3) is 35.7 Å². The van der Waals surface area contributed by atoms with Crippen molar-refractivity contribution >= 4 is 35.8 Å². The summed E-state index contributed by atoms with van der Waals surface area (Å²) in [4.78, 5) is 10.1. The zero-order valence-corrected chi connectivity index (χ0v) is 25.2. The van der Waals surface area contributed by atoms with Gasteiger partial charge in [-0.05, 0) is 59.4 Å². The average molecular weight is 575 g/mol. The standard InChI is InChI=1S/C40H38N4/c1-2-13-31-17-12-18-32(38(31)41)15-9-10-20-37-36-19-6-4-3-5-11-27-42-40(36)44-39(43-37)33-24-21-30(22-25-33)35-26-23-29-14-7-8-16-34(29)28-35/h2-3,5-14,16-19,21-25,27-28,35H,4,15,20,26,41H2,1H3,(H,42,43,44)/b5-3-,10-9-,13-2-,19-6-,27-11-. The van der Waals surface area contributed by atoms with Crippen molar-refractivity contribution in [2.75, 3.05) is 11.1 Å². The molecule has 1 atom stereocenters. The van der Waals surface area contributed by atoms with Gasteiger partial charge in [-0.1, -0.05) is 127 Å². The van der Waals surface area contributed by atoms with Gasteiger partial charge < -0.3 is 11.1 Å². The summed E-state index contributed by atoms with van der Waals surface area (Å²) in [5, 5.41) is 6.03. The molecule has 4 aromatic rings. The van der Waals surface area contributed by atoms with Crippen molar-refractivity contribution in [3.05, 3.63) is 154 Å². The number of nitrogens with zero attached hydrogens (tertiary/aromatic N) is 2. The number of anilines is 2. The van der Waals surface area contributed by atoms with Crippen LogP contribution >= 0.6 is 0 Å². The first kappa shape index (κ1) is 28.9. The summed E-state index contributed by atoms with van der Waals surface area (Å²) in [6.07, 6.45) is 28.9. The molecular formula is C40H38N4. The van der Waals surface area contributed by atoms with Crippen molar-refractivity contribution in [1.82, 2.24) is 9.97 Å². The quantitative estimate of drug-likeness (QED) is 0.175. The first-order chi connectivity index (χ1) is 21.7. The van der Waals surface area contributed by atoms with E-state index < -0.39 is 0 Å². The van der Waals surface area contributed by atoms with E-state index in [1.807, 2.05) is 43.5 Å². The Hall–Kier alpha value is -5.22. The molecule has 44 heavy (non-hydrogen) atoms. The van der Waals surface area contributed by atoms with Crippen LogP contribution in [-0.4, -0.2) is 9.97 Å². The van der Waals surface area contributed by atoms with Gasteiger partial charge in [0.25, 0.3) is 0 Å². The van der Waals surface area contributed by atoms with Crippen molar-refractivity contribution < 1.29 is 0 Å². The van der Waals surface area contributed by atoms with Crippen LogP contribution < -0.4 is 21.5 Å². The summed E-state index contributed by atoms with van der Waals surface area (Å²) < 4.78 is 0. The largest absolute Gasteiger partial charge is 0.398 e. The van der Waals surface area contributed by atoms with Gasteiger partial charge in [0.05, 0.1) is 5.69 Å². The minimum atomic E-state index is 0.363. The first-order valence-corrected chi connectivity index (χ1v) is 15.4. The number of nitrogens with one attached hydrogen (secondary N) is 1. The van der Waals surface area contributed by atoms with Gasteiger partial charge in [-0.25, -0.2) is 9.97 Å². The second-order valence-electron chi connectivity index (χ2n) is 11.1. The third-order valence-corrected chi connectivity index (χ3v) is 8.10. The maximum Gasteiger partial charge on any atom is 0.161 e. The number of hydrogen-bond acceptors (Lipinski definition) is 4. The third-order valence-electron chi connectivity index (χ3n) is 8.10. The number of hydrogen-bond donors (Lipinski definition) is 2. The van der Waals surface area contributed by atoms with Crippen LogP contribution in [-0.2, 0) is 12.8 Å². The highest BCUT2D eigenvalue weighted by Gasteiger charge is 2.15. The number of rotatable bonds is 7. The summed E-state index contributed by atoms with van der Waals surface area (Å²) in [5.74, 6) is 1.88.